The molecule has 1 heterocycles. The highest BCUT2D eigenvalue weighted by Crippen LogP contribution is 2.38. The third-order valence-corrected chi connectivity index (χ3v) is 3.72. The summed E-state index contributed by atoms with van der Waals surface area (Å²) in [4.78, 5) is 12.3. The molecule has 2 aromatic rings. The number of hydrogen-bond donors (Lipinski definition) is 0. The number of fused-ring (bicyclic) bond motifs is 1. The van der Waals surface area contributed by atoms with Gasteiger partial charge in [0.05, 0.1) is 19.1 Å². The molecule has 102 valence electrons. The van der Waals surface area contributed by atoms with E-state index in [1.807, 2.05) is 18.2 Å². The maximum atomic E-state index is 12.3. The number of Topliss-reactive ketones (excluding diaryl/α,β-unsaturated/α-hetero) is 1. The van der Waals surface area contributed by atoms with Gasteiger partial charge in [-0.2, -0.15) is 0 Å². The Morgan fingerprint density at radius 1 is 1.25 bits per heavy atom. The molecule has 2 aromatic carbocycles. The first-order valence-electron chi connectivity index (χ1n) is 6.31. The zero-order valence-corrected chi connectivity index (χ0v) is 11.7. The number of ketones is 1. The molecule has 1 aliphatic heterocycles. The van der Waals surface area contributed by atoms with E-state index in [-0.39, 0.29) is 18.3 Å². The van der Waals surface area contributed by atoms with E-state index in [0.29, 0.717) is 22.1 Å². The Bertz CT molecular complexity index is 667. The van der Waals surface area contributed by atoms with Gasteiger partial charge in [-0.15, -0.1) is 0 Å². The van der Waals surface area contributed by atoms with Crippen LogP contribution in [0.1, 0.15) is 28.4 Å². The molecule has 0 amide bonds. The predicted octanol–water partition coefficient (Wildman–Crippen LogP) is 4.06. The van der Waals surface area contributed by atoms with Crippen molar-refractivity contribution in [3.8, 4) is 11.5 Å². The van der Waals surface area contributed by atoms with Crippen LogP contribution < -0.4 is 9.47 Å². The van der Waals surface area contributed by atoms with Crippen molar-refractivity contribution in [2.75, 3.05) is 7.11 Å². The first-order chi connectivity index (χ1) is 9.69. The number of ether oxygens (including phenoxy) is 2. The Kier molecular flexibility index (Phi) is 3.36. The van der Waals surface area contributed by atoms with Crippen LogP contribution in [0.5, 0.6) is 11.5 Å². The molecular weight excluding hydrogens is 276 g/mol. The van der Waals surface area contributed by atoms with Crippen LogP contribution in [0.3, 0.4) is 0 Å². The zero-order chi connectivity index (χ0) is 14.1. The molecule has 3 nitrogen and oxygen atoms in total. The third-order valence-electron chi connectivity index (χ3n) is 3.38. The molecule has 1 aliphatic rings. The van der Waals surface area contributed by atoms with E-state index in [1.165, 1.54) is 0 Å². The van der Waals surface area contributed by atoms with E-state index in [0.717, 1.165) is 5.56 Å². The Hall–Kier alpha value is -2.00. The van der Waals surface area contributed by atoms with Crippen LogP contribution in [0.2, 0.25) is 5.02 Å². The van der Waals surface area contributed by atoms with Gasteiger partial charge in [0.2, 0.25) is 0 Å². The largest absolute Gasteiger partial charge is 0.497 e. The van der Waals surface area contributed by atoms with Gasteiger partial charge >= 0.3 is 0 Å². The number of carbonyl (C=O) groups is 1. The van der Waals surface area contributed by atoms with Crippen LogP contribution in [-0.2, 0) is 0 Å². The minimum Gasteiger partial charge on any atom is -0.497 e. The van der Waals surface area contributed by atoms with Gasteiger partial charge < -0.3 is 9.47 Å². The van der Waals surface area contributed by atoms with Gasteiger partial charge in [0.25, 0.3) is 0 Å². The summed E-state index contributed by atoms with van der Waals surface area (Å²) < 4.78 is 11.0. The number of halogens is 1. The van der Waals surface area contributed by atoms with Gasteiger partial charge in [0.15, 0.2) is 5.78 Å². The third kappa shape index (κ3) is 2.25. The van der Waals surface area contributed by atoms with Crippen LogP contribution in [0.4, 0.5) is 0 Å². The summed E-state index contributed by atoms with van der Waals surface area (Å²) in [6.45, 7) is 0. The summed E-state index contributed by atoms with van der Waals surface area (Å²) in [5.74, 6) is 1.26. The second-order valence-electron chi connectivity index (χ2n) is 4.62. The lowest BCUT2D eigenvalue weighted by atomic mass is 9.96. The summed E-state index contributed by atoms with van der Waals surface area (Å²) >= 11 is 6.17. The van der Waals surface area contributed by atoms with Crippen LogP contribution in [-0.4, -0.2) is 12.9 Å². The lowest BCUT2D eigenvalue weighted by Crippen LogP contribution is -2.20. The molecule has 3 rings (SSSR count). The molecule has 0 aliphatic carbocycles. The zero-order valence-electron chi connectivity index (χ0n) is 10.9. The van der Waals surface area contributed by atoms with Crippen molar-refractivity contribution in [1.82, 2.24) is 0 Å². The normalized spacial score (nSPS) is 17.3. The van der Waals surface area contributed by atoms with Crippen LogP contribution in [0, 0.1) is 0 Å². The SMILES string of the molecule is COc1ccc2c(c1)C(=O)CC(c1ccccc1Cl)O2. The van der Waals surface area contributed by atoms with Crippen molar-refractivity contribution in [2.45, 2.75) is 12.5 Å². The first kappa shape index (κ1) is 13.0. The van der Waals surface area contributed by atoms with Crippen LogP contribution in [0.15, 0.2) is 42.5 Å². The van der Waals surface area contributed by atoms with Crippen LogP contribution in [0.25, 0.3) is 0 Å². The van der Waals surface area contributed by atoms with E-state index in [4.69, 9.17) is 21.1 Å². The highest BCUT2D eigenvalue weighted by molar-refractivity contribution is 6.31. The molecule has 0 fully saturated rings. The van der Waals surface area contributed by atoms with E-state index in [9.17, 15) is 4.79 Å². The molecule has 0 aromatic heterocycles. The smallest absolute Gasteiger partial charge is 0.170 e. The molecule has 0 saturated carbocycles. The molecule has 0 radical (unpaired) electrons. The Labute approximate surface area is 122 Å². The van der Waals surface area contributed by atoms with E-state index in [1.54, 1.807) is 31.4 Å². The average Bonchev–Trinajstić information content (AvgIpc) is 2.47. The summed E-state index contributed by atoms with van der Waals surface area (Å²) in [5.41, 5.74) is 1.40. The molecular formula is C16H13ClO3. The second-order valence-corrected chi connectivity index (χ2v) is 5.02. The Morgan fingerprint density at radius 2 is 2.05 bits per heavy atom. The second kappa shape index (κ2) is 5.17. The van der Waals surface area contributed by atoms with Gasteiger partial charge in [-0.25, -0.2) is 0 Å². The number of benzene rings is 2. The number of carbonyl (C=O) groups excluding carboxylic acids is 1. The van der Waals surface area contributed by atoms with E-state index >= 15 is 0 Å². The Balaban J connectivity index is 1.97. The van der Waals surface area contributed by atoms with Gasteiger partial charge in [0, 0.05) is 10.6 Å². The minimum absolute atomic E-state index is 0.0371. The number of rotatable bonds is 2. The van der Waals surface area contributed by atoms with Crippen molar-refractivity contribution in [2.24, 2.45) is 0 Å². The van der Waals surface area contributed by atoms with Crippen molar-refractivity contribution in [1.29, 1.82) is 0 Å². The van der Waals surface area contributed by atoms with E-state index in [2.05, 4.69) is 0 Å². The van der Waals surface area contributed by atoms with E-state index < -0.39 is 0 Å². The quantitative estimate of drug-likeness (QED) is 0.836. The molecule has 0 spiro atoms. The number of methoxy groups -OCH3 is 1. The average molecular weight is 289 g/mol. The maximum Gasteiger partial charge on any atom is 0.170 e. The van der Waals surface area contributed by atoms with Gasteiger partial charge in [-0.05, 0) is 24.3 Å². The molecule has 1 unspecified atom stereocenters. The standard InChI is InChI=1S/C16H13ClO3/c1-19-10-6-7-15-12(8-10)14(18)9-16(20-15)11-4-2-3-5-13(11)17/h2-8,16H,9H2,1H3. The fourth-order valence-corrected chi connectivity index (χ4v) is 2.60. The maximum absolute atomic E-state index is 12.3. The molecule has 0 bridgehead atoms. The summed E-state index contributed by atoms with van der Waals surface area (Å²) in [5, 5.41) is 0.613. The van der Waals surface area contributed by atoms with Gasteiger partial charge in [0.1, 0.15) is 17.6 Å². The fourth-order valence-electron chi connectivity index (χ4n) is 2.34. The molecule has 20 heavy (non-hydrogen) atoms. The van der Waals surface area contributed by atoms with Crippen molar-refractivity contribution in [3.63, 3.8) is 0 Å². The topological polar surface area (TPSA) is 35.5 Å². The minimum atomic E-state index is -0.336. The first-order valence-corrected chi connectivity index (χ1v) is 6.69. The summed E-state index contributed by atoms with van der Waals surface area (Å²) in [6.07, 6.45) is -0.0544. The summed E-state index contributed by atoms with van der Waals surface area (Å²) in [7, 11) is 1.57. The highest BCUT2D eigenvalue weighted by Gasteiger charge is 2.29. The molecule has 1 atom stereocenters. The van der Waals surface area contributed by atoms with Crippen molar-refractivity contribution < 1.29 is 14.3 Å². The van der Waals surface area contributed by atoms with Gasteiger partial charge in [-0.3, -0.25) is 4.79 Å². The number of hydrogen-bond acceptors (Lipinski definition) is 3. The van der Waals surface area contributed by atoms with Crippen molar-refractivity contribution >= 4 is 17.4 Å². The predicted molar refractivity (Wildman–Crippen MR) is 76.8 cm³/mol. The summed E-state index contributed by atoms with van der Waals surface area (Å²) in [6, 6.07) is 12.7. The highest BCUT2D eigenvalue weighted by atomic mass is 35.5. The fraction of sp³-hybridized carbons (Fsp3) is 0.188. The van der Waals surface area contributed by atoms with Gasteiger partial charge in [-0.1, -0.05) is 29.8 Å². The van der Waals surface area contributed by atoms with Crippen molar-refractivity contribution in [3.05, 3.63) is 58.6 Å². The lowest BCUT2D eigenvalue weighted by molar-refractivity contribution is 0.0849. The molecule has 0 N–H and O–H groups in total. The monoisotopic (exact) mass is 288 g/mol. The lowest BCUT2D eigenvalue weighted by Gasteiger charge is -2.26. The molecule has 4 heteroatoms. The molecule has 0 saturated heterocycles. The van der Waals surface area contributed by atoms with Crippen LogP contribution >= 0.6 is 11.6 Å². The Morgan fingerprint density at radius 3 is 2.80 bits per heavy atom.